The molecule has 3 rings (SSSR count). The van der Waals surface area contributed by atoms with Crippen molar-refractivity contribution in [3.8, 4) is 11.5 Å². The van der Waals surface area contributed by atoms with Crippen LogP contribution in [0.2, 0.25) is 0 Å². The van der Waals surface area contributed by atoms with Gasteiger partial charge < -0.3 is 19.8 Å². The van der Waals surface area contributed by atoms with E-state index in [1.54, 1.807) is 13.4 Å². The van der Waals surface area contributed by atoms with Crippen LogP contribution >= 0.6 is 0 Å². The number of aromatic amines is 1. The lowest BCUT2D eigenvalue weighted by molar-refractivity contribution is 0.196. The summed E-state index contributed by atoms with van der Waals surface area (Å²) in [6.07, 6.45) is 2.24. The Morgan fingerprint density at radius 1 is 1.26 bits per heavy atom. The summed E-state index contributed by atoms with van der Waals surface area (Å²) in [4.78, 5) is 33.8. The standard InChI is InChI=1S/C22H29N5O4/c1-15(2)12-27-19(23)18(20(28)25-22(27)29)26(10-7-11-30-3)13-17-14-31-21(24-17)16-8-5-4-6-9-16/h4-6,8-9,14-15H,7,10-13,23H2,1-3H3,(H,25,28,29). The first-order valence-corrected chi connectivity index (χ1v) is 10.3. The van der Waals surface area contributed by atoms with Gasteiger partial charge in [0.1, 0.15) is 17.8 Å². The number of benzene rings is 1. The predicted molar refractivity (Wildman–Crippen MR) is 120 cm³/mol. The smallest absolute Gasteiger partial charge is 0.330 e. The number of aromatic nitrogens is 3. The predicted octanol–water partition coefficient (Wildman–Crippen LogP) is 2.47. The molecule has 1 aromatic carbocycles. The summed E-state index contributed by atoms with van der Waals surface area (Å²) >= 11 is 0. The van der Waals surface area contributed by atoms with Crippen molar-refractivity contribution >= 4 is 11.5 Å². The lowest BCUT2D eigenvalue weighted by Crippen LogP contribution is -2.39. The van der Waals surface area contributed by atoms with E-state index in [9.17, 15) is 9.59 Å². The number of nitrogens with one attached hydrogen (secondary N) is 1. The molecule has 0 aliphatic carbocycles. The highest BCUT2D eigenvalue weighted by molar-refractivity contribution is 5.62. The molecule has 0 atom stereocenters. The van der Waals surface area contributed by atoms with Gasteiger partial charge in [-0.3, -0.25) is 14.3 Å². The average molecular weight is 428 g/mol. The van der Waals surface area contributed by atoms with Gasteiger partial charge in [0.25, 0.3) is 5.56 Å². The number of hydrogen-bond acceptors (Lipinski definition) is 7. The van der Waals surface area contributed by atoms with Crippen molar-refractivity contribution < 1.29 is 9.15 Å². The van der Waals surface area contributed by atoms with Crippen molar-refractivity contribution in [2.45, 2.75) is 33.4 Å². The van der Waals surface area contributed by atoms with Crippen LogP contribution in [-0.4, -0.2) is 34.8 Å². The molecule has 0 saturated carbocycles. The third-order valence-corrected chi connectivity index (χ3v) is 4.78. The maximum Gasteiger partial charge on any atom is 0.330 e. The molecule has 9 heteroatoms. The minimum Gasteiger partial charge on any atom is -0.444 e. The van der Waals surface area contributed by atoms with Gasteiger partial charge in [-0.25, -0.2) is 9.78 Å². The van der Waals surface area contributed by atoms with Crippen LogP contribution in [0.25, 0.3) is 11.5 Å². The Balaban J connectivity index is 1.96. The first-order valence-electron chi connectivity index (χ1n) is 10.3. The fourth-order valence-corrected chi connectivity index (χ4v) is 3.39. The lowest BCUT2D eigenvalue weighted by atomic mass is 10.2. The highest BCUT2D eigenvalue weighted by Gasteiger charge is 2.21. The molecule has 2 heterocycles. The normalized spacial score (nSPS) is 11.2. The Hall–Kier alpha value is -3.33. The van der Waals surface area contributed by atoms with Gasteiger partial charge in [-0.1, -0.05) is 32.0 Å². The second-order valence-corrected chi connectivity index (χ2v) is 7.78. The Morgan fingerprint density at radius 3 is 2.68 bits per heavy atom. The fourth-order valence-electron chi connectivity index (χ4n) is 3.39. The second-order valence-electron chi connectivity index (χ2n) is 7.78. The van der Waals surface area contributed by atoms with Crippen molar-refractivity contribution in [3.05, 3.63) is 63.1 Å². The number of anilines is 2. The Bertz CT molecular complexity index is 1100. The van der Waals surface area contributed by atoms with Crippen molar-refractivity contribution in [2.75, 3.05) is 30.9 Å². The molecule has 0 unspecified atom stereocenters. The lowest BCUT2D eigenvalue weighted by Gasteiger charge is -2.25. The maximum atomic E-state index is 12.7. The van der Waals surface area contributed by atoms with Crippen LogP contribution in [0.4, 0.5) is 11.5 Å². The molecular weight excluding hydrogens is 398 g/mol. The molecule has 3 N–H and O–H groups in total. The molecule has 31 heavy (non-hydrogen) atoms. The van der Waals surface area contributed by atoms with Crippen LogP contribution in [-0.2, 0) is 17.8 Å². The largest absolute Gasteiger partial charge is 0.444 e. The van der Waals surface area contributed by atoms with Crippen LogP contribution < -0.4 is 21.9 Å². The number of nitrogen functional groups attached to an aromatic ring is 1. The molecule has 0 bridgehead atoms. The van der Waals surface area contributed by atoms with Crippen molar-refractivity contribution in [1.29, 1.82) is 0 Å². The summed E-state index contributed by atoms with van der Waals surface area (Å²) in [5.41, 5.74) is 7.05. The molecule has 9 nitrogen and oxygen atoms in total. The van der Waals surface area contributed by atoms with E-state index in [0.29, 0.717) is 44.2 Å². The summed E-state index contributed by atoms with van der Waals surface area (Å²) < 4.78 is 12.2. The zero-order chi connectivity index (χ0) is 22.4. The van der Waals surface area contributed by atoms with Gasteiger partial charge in [0.05, 0.1) is 12.2 Å². The molecular formula is C22H29N5O4. The summed E-state index contributed by atoms with van der Waals surface area (Å²) in [6, 6.07) is 9.57. The molecule has 0 radical (unpaired) electrons. The van der Waals surface area contributed by atoms with Gasteiger partial charge in [-0.15, -0.1) is 0 Å². The highest BCUT2D eigenvalue weighted by atomic mass is 16.5. The Morgan fingerprint density at radius 2 is 2.00 bits per heavy atom. The molecule has 3 aromatic rings. The van der Waals surface area contributed by atoms with Crippen LogP contribution in [0.1, 0.15) is 26.0 Å². The van der Waals surface area contributed by atoms with Crippen molar-refractivity contribution in [1.82, 2.24) is 14.5 Å². The summed E-state index contributed by atoms with van der Waals surface area (Å²) in [5, 5.41) is 0. The molecule has 0 amide bonds. The molecule has 0 saturated heterocycles. The quantitative estimate of drug-likeness (QED) is 0.477. The zero-order valence-electron chi connectivity index (χ0n) is 18.1. The summed E-state index contributed by atoms with van der Waals surface area (Å²) in [6.45, 7) is 5.68. The summed E-state index contributed by atoms with van der Waals surface area (Å²) in [5.74, 6) is 0.829. The fraction of sp³-hybridized carbons (Fsp3) is 0.409. The van der Waals surface area contributed by atoms with Crippen molar-refractivity contribution in [2.24, 2.45) is 5.92 Å². The minimum atomic E-state index is -0.522. The Labute approximate surface area is 180 Å². The van der Waals surface area contributed by atoms with E-state index in [1.807, 2.05) is 49.1 Å². The monoisotopic (exact) mass is 427 g/mol. The molecule has 0 spiro atoms. The Kier molecular flexibility index (Phi) is 7.30. The van der Waals surface area contributed by atoms with Crippen LogP contribution in [0.15, 0.2) is 50.6 Å². The van der Waals surface area contributed by atoms with Gasteiger partial charge in [0.15, 0.2) is 0 Å². The topological polar surface area (TPSA) is 119 Å². The number of methoxy groups -OCH3 is 1. The van der Waals surface area contributed by atoms with E-state index in [4.69, 9.17) is 14.9 Å². The molecule has 0 aliphatic rings. The minimum absolute atomic E-state index is 0.145. The molecule has 166 valence electrons. The number of nitrogens with two attached hydrogens (primary N) is 1. The number of rotatable bonds is 10. The van der Waals surface area contributed by atoms with E-state index < -0.39 is 11.2 Å². The van der Waals surface area contributed by atoms with Crippen LogP contribution in [0.3, 0.4) is 0 Å². The SMILES string of the molecule is COCCCN(Cc1coc(-c2ccccc2)n1)c1c(N)n(CC(C)C)c(=O)[nH]c1=O. The van der Waals surface area contributed by atoms with Crippen LogP contribution in [0.5, 0.6) is 0 Å². The number of ether oxygens (including phenoxy) is 1. The second kappa shape index (κ2) is 10.1. The number of hydrogen-bond donors (Lipinski definition) is 2. The highest BCUT2D eigenvalue weighted by Crippen LogP contribution is 2.23. The van der Waals surface area contributed by atoms with Crippen LogP contribution in [0, 0.1) is 5.92 Å². The number of nitrogens with zero attached hydrogens (tertiary/aromatic N) is 3. The molecule has 0 aliphatic heterocycles. The van der Waals surface area contributed by atoms with E-state index in [-0.39, 0.29) is 17.4 Å². The van der Waals surface area contributed by atoms with Crippen molar-refractivity contribution in [3.63, 3.8) is 0 Å². The van der Waals surface area contributed by atoms with Gasteiger partial charge >= 0.3 is 5.69 Å². The van der Waals surface area contributed by atoms with E-state index >= 15 is 0 Å². The van der Waals surface area contributed by atoms with Gasteiger partial charge in [-0.2, -0.15) is 0 Å². The number of oxazole rings is 1. The third-order valence-electron chi connectivity index (χ3n) is 4.78. The van der Waals surface area contributed by atoms with Gasteiger partial charge in [0.2, 0.25) is 5.89 Å². The molecule has 0 fully saturated rings. The third kappa shape index (κ3) is 5.43. The van der Waals surface area contributed by atoms with Gasteiger partial charge in [-0.05, 0) is 24.5 Å². The average Bonchev–Trinajstić information content (AvgIpc) is 3.20. The molecule has 2 aromatic heterocycles. The number of H-pyrrole nitrogens is 1. The van der Waals surface area contributed by atoms with E-state index in [0.717, 1.165) is 5.56 Å². The van der Waals surface area contributed by atoms with E-state index in [2.05, 4.69) is 9.97 Å². The zero-order valence-corrected chi connectivity index (χ0v) is 18.1. The van der Waals surface area contributed by atoms with Gasteiger partial charge in [0, 0.05) is 32.4 Å². The maximum absolute atomic E-state index is 12.7. The first kappa shape index (κ1) is 22.4. The first-order chi connectivity index (χ1) is 14.9. The van der Waals surface area contributed by atoms with E-state index in [1.165, 1.54) is 4.57 Å². The summed E-state index contributed by atoms with van der Waals surface area (Å²) in [7, 11) is 1.62.